The van der Waals surface area contributed by atoms with Gasteiger partial charge in [0.1, 0.15) is 0 Å². The van der Waals surface area contributed by atoms with Crippen molar-refractivity contribution in [1.82, 2.24) is 4.57 Å². The molecule has 5 heteroatoms. The number of nitrogens with zero attached hydrogens (tertiary/aromatic N) is 1. The molecule has 1 aromatic rings. The Kier molecular flexibility index (Phi) is 4.90. The number of aromatic nitrogens is 1. The second-order valence-corrected chi connectivity index (χ2v) is 3.95. The van der Waals surface area contributed by atoms with Gasteiger partial charge in [0.15, 0.2) is 0 Å². The first kappa shape index (κ1) is 13.4. The van der Waals surface area contributed by atoms with Gasteiger partial charge in [0.05, 0.1) is 11.7 Å². The van der Waals surface area contributed by atoms with Gasteiger partial charge in [0.2, 0.25) is 5.91 Å². The van der Waals surface area contributed by atoms with Crippen LogP contribution in [0.3, 0.4) is 0 Å². The molecular formula is C12H19N3O2. The molecule has 0 aliphatic heterocycles. The molecule has 0 radical (unpaired) electrons. The standard InChI is InChI=1S/C12H19N3O2/c1-3-7-15-8-9(5-6-11(15)16)14-12(17)10(13)4-2/h5-6,8,10H,3-4,7,13H2,1-2H3,(H,14,17)/t10-/m0/s1. The number of hydrogen-bond acceptors (Lipinski definition) is 3. The summed E-state index contributed by atoms with van der Waals surface area (Å²) >= 11 is 0. The molecule has 0 aliphatic rings. The lowest BCUT2D eigenvalue weighted by molar-refractivity contribution is -0.117. The van der Waals surface area contributed by atoms with Crippen LogP contribution in [0.25, 0.3) is 0 Å². The summed E-state index contributed by atoms with van der Waals surface area (Å²) in [4.78, 5) is 23.0. The lowest BCUT2D eigenvalue weighted by Crippen LogP contribution is -2.35. The zero-order chi connectivity index (χ0) is 12.8. The molecule has 1 rings (SSSR count). The van der Waals surface area contributed by atoms with Gasteiger partial charge in [0.25, 0.3) is 5.56 Å². The van der Waals surface area contributed by atoms with E-state index in [4.69, 9.17) is 5.73 Å². The van der Waals surface area contributed by atoms with Gasteiger partial charge < -0.3 is 15.6 Å². The van der Waals surface area contributed by atoms with Crippen LogP contribution in [0, 0.1) is 0 Å². The molecule has 1 heterocycles. The minimum absolute atomic E-state index is 0.0651. The summed E-state index contributed by atoms with van der Waals surface area (Å²) in [6, 6.07) is 2.53. The topological polar surface area (TPSA) is 77.1 Å². The molecule has 94 valence electrons. The molecule has 0 bridgehead atoms. The van der Waals surface area contributed by atoms with E-state index in [2.05, 4.69) is 5.32 Å². The Labute approximate surface area is 101 Å². The van der Waals surface area contributed by atoms with Gasteiger partial charge in [-0.1, -0.05) is 13.8 Å². The Morgan fingerprint density at radius 1 is 1.47 bits per heavy atom. The molecule has 1 atom stereocenters. The predicted molar refractivity (Wildman–Crippen MR) is 67.9 cm³/mol. The van der Waals surface area contributed by atoms with E-state index in [1.54, 1.807) is 16.8 Å². The number of carbonyl (C=O) groups excluding carboxylic acids is 1. The van der Waals surface area contributed by atoms with Crippen LogP contribution in [-0.4, -0.2) is 16.5 Å². The van der Waals surface area contributed by atoms with Gasteiger partial charge in [-0.15, -0.1) is 0 Å². The fraction of sp³-hybridized carbons (Fsp3) is 0.500. The van der Waals surface area contributed by atoms with Crippen LogP contribution in [0.15, 0.2) is 23.1 Å². The molecule has 0 saturated heterocycles. The van der Waals surface area contributed by atoms with Crippen molar-refractivity contribution in [3.8, 4) is 0 Å². The van der Waals surface area contributed by atoms with Crippen LogP contribution in [0.4, 0.5) is 5.69 Å². The van der Waals surface area contributed by atoms with Crippen LogP contribution < -0.4 is 16.6 Å². The molecule has 1 amide bonds. The van der Waals surface area contributed by atoms with Crippen molar-refractivity contribution in [3.63, 3.8) is 0 Å². The highest BCUT2D eigenvalue weighted by atomic mass is 16.2. The van der Waals surface area contributed by atoms with Gasteiger partial charge in [-0.25, -0.2) is 0 Å². The Balaban J connectivity index is 2.82. The summed E-state index contributed by atoms with van der Waals surface area (Å²) < 4.78 is 1.58. The van der Waals surface area contributed by atoms with Gasteiger partial charge in [-0.3, -0.25) is 9.59 Å². The number of aryl methyl sites for hydroxylation is 1. The van der Waals surface area contributed by atoms with Crippen LogP contribution in [-0.2, 0) is 11.3 Å². The third kappa shape index (κ3) is 3.71. The molecular weight excluding hydrogens is 218 g/mol. The van der Waals surface area contributed by atoms with Crippen LogP contribution in [0.5, 0.6) is 0 Å². The highest BCUT2D eigenvalue weighted by Gasteiger charge is 2.11. The second kappa shape index (κ2) is 6.20. The Morgan fingerprint density at radius 3 is 2.76 bits per heavy atom. The summed E-state index contributed by atoms with van der Waals surface area (Å²) in [6.45, 7) is 4.48. The minimum atomic E-state index is -0.512. The Morgan fingerprint density at radius 2 is 2.18 bits per heavy atom. The number of amides is 1. The molecule has 0 aliphatic carbocycles. The normalized spacial score (nSPS) is 12.2. The van der Waals surface area contributed by atoms with E-state index in [9.17, 15) is 9.59 Å². The van der Waals surface area contributed by atoms with Gasteiger partial charge in [0, 0.05) is 18.8 Å². The SMILES string of the molecule is CCCn1cc(NC(=O)[C@@H](N)CC)ccc1=O. The summed E-state index contributed by atoms with van der Waals surface area (Å²) in [5.74, 6) is -0.228. The first-order valence-corrected chi connectivity index (χ1v) is 5.85. The minimum Gasteiger partial charge on any atom is -0.323 e. The van der Waals surface area contributed by atoms with Crippen LogP contribution >= 0.6 is 0 Å². The van der Waals surface area contributed by atoms with E-state index in [0.29, 0.717) is 18.7 Å². The monoisotopic (exact) mass is 237 g/mol. The van der Waals surface area contributed by atoms with Gasteiger partial charge in [-0.05, 0) is 18.9 Å². The number of rotatable bonds is 5. The maximum atomic E-state index is 11.6. The quantitative estimate of drug-likeness (QED) is 0.800. The van der Waals surface area contributed by atoms with Crippen molar-refractivity contribution in [2.75, 3.05) is 5.32 Å². The molecule has 0 aromatic carbocycles. The van der Waals surface area contributed by atoms with Crippen molar-refractivity contribution in [2.24, 2.45) is 5.73 Å². The first-order valence-electron chi connectivity index (χ1n) is 5.85. The largest absolute Gasteiger partial charge is 0.323 e. The van der Waals surface area contributed by atoms with E-state index in [0.717, 1.165) is 6.42 Å². The molecule has 5 nitrogen and oxygen atoms in total. The summed E-state index contributed by atoms with van der Waals surface area (Å²) in [5, 5.41) is 2.69. The molecule has 3 N–H and O–H groups in total. The predicted octanol–water partition coefficient (Wildman–Crippen LogP) is 0.934. The molecule has 1 aromatic heterocycles. The molecule has 0 unspecified atom stereocenters. The van der Waals surface area contributed by atoms with E-state index in [-0.39, 0.29) is 11.5 Å². The van der Waals surface area contributed by atoms with E-state index in [1.807, 2.05) is 13.8 Å². The van der Waals surface area contributed by atoms with Crippen molar-refractivity contribution in [2.45, 2.75) is 39.3 Å². The van der Waals surface area contributed by atoms with Crippen molar-refractivity contribution < 1.29 is 4.79 Å². The van der Waals surface area contributed by atoms with Crippen LogP contribution in [0.1, 0.15) is 26.7 Å². The Bertz CT molecular complexity index is 440. The van der Waals surface area contributed by atoms with Crippen LogP contribution in [0.2, 0.25) is 0 Å². The number of carbonyl (C=O) groups is 1. The smallest absolute Gasteiger partial charge is 0.250 e. The highest BCUT2D eigenvalue weighted by molar-refractivity contribution is 5.94. The third-order valence-corrected chi connectivity index (χ3v) is 2.49. The number of anilines is 1. The molecule has 0 fully saturated rings. The van der Waals surface area contributed by atoms with Gasteiger partial charge >= 0.3 is 0 Å². The molecule has 17 heavy (non-hydrogen) atoms. The number of hydrogen-bond donors (Lipinski definition) is 2. The van der Waals surface area contributed by atoms with Crippen molar-refractivity contribution in [1.29, 1.82) is 0 Å². The fourth-order valence-corrected chi connectivity index (χ4v) is 1.44. The first-order chi connectivity index (χ1) is 8.08. The number of nitrogens with one attached hydrogen (secondary N) is 1. The Hall–Kier alpha value is -1.62. The van der Waals surface area contributed by atoms with Crippen molar-refractivity contribution in [3.05, 3.63) is 28.7 Å². The van der Waals surface area contributed by atoms with E-state index < -0.39 is 6.04 Å². The van der Waals surface area contributed by atoms with E-state index >= 15 is 0 Å². The highest BCUT2D eigenvalue weighted by Crippen LogP contribution is 2.04. The van der Waals surface area contributed by atoms with Crippen molar-refractivity contribution >= 4 is 11.6 Å². The zero-order valence-electron chi connectivity index (χ0n) is 10.3. The zero-order valence-corrected chi connectivity index (χ0v) is 10.3. The maximum Gasteiger partial charge on any atom is 0.250 e. The lowest BCUT2D eigenvalue weighted by atomic mass is 10.2. The van der Waals surface area contributed by atoms with E-state index in [1.165, 1.54) is 6.07 Å². The lowest BCUT2D eigenvalue weighted by Gasteiger charge is -2.11. The fourth-order valence-electron chi connectivity index (χ4n) is 1.44. The average Bonchev–Trinajstić information content (AvgIpc) is 2.32. The summed E-state index contributed by atoms with van der Waals surface area (Å²) in [7, 11) is 0. The number of pyridine rings is 1. The molecule has 0 saturated carbocycles. The maximum absolute atomic E-state index is 11.6. The summed E-state index contributed by atoms with van der Waals surface area (Å²) in [5.41, 5.74) is 6.15. The summed E-state index contributed by atoms with van der Waals surface area (Å²) in [6.07, 6.45) is 3.10. The molecule has 0 spiro atoms. The third-order valence-electron chi connectivity index (χ3n) is 2.49. The van der Waals surface area contributed by atoms with Gasteiger partial charge in [-0.2, -0.15) is 0 Å². The average molecular weight is 237 g/mol. The number of nitrogens with two attached hydrogens (primary N) is 1. The second-order valence-electron chi connectivity index (χ2n) is 3.95.